The summed E-state index contributed by atoms with van der Waals surface area (Å²) in [6.45, 7) is 0. The van der Waals surface area contributed by atoms with Gasteiger partial charge in [0.25, 0.3) is 0 Å². The van der Waals surface area contributed by atoms with Crippen molar-refractivity contribution in [2.45, 2.75) is 12.8 Å². The molecule has 0 aliphatic heterocycles. The lowest BCUT2D eigenvalue weighted by Gasteiger charge is -2.08. The molecule has 0 atom stereocenters. The maximum Gasteiger partial charge on any atom is 0.227 e. The van der Waals surface area contributed by atoms with Gasteiger partial charge in [0.2, 0.25) is 5.91 Å². The van der Waals surface area contributed by atoms with Crippen LogP contribution in [0.15, 0.2) is 54.7 Å². The Hall–Kier alpha value is -3.45. The first-order chi connectivity index (χ1) is 14.6. The summed E-state index contributed by atoms with van der Waals surface area (Å²) >= 11 is 1.41. The summed E-state index contributed by atoms with van der Waals surface area (Å²) in [5, 5.41) is 3.00. The number of anilines is 2. The van der Waals surface area contributed by atoms with Crippen molar-refractivity contribution in [3.63, 3.8) is 0 Å². The average molecular weight is 417 g/mol. The first kappa shape index (κ1) is 18.6. The van der Waals surface area contributed by atoms with Crippen LogP contribution in [0.4, 0.5) is 11.4 Å². The molecule has 3 N–H and O–H groups in total. The number of nitrogen functional groups attached to an aromatic ring is 1. The molecule has 1 fully saturated rings. The lowest BCUT2D eigenvalue weighted by Crippen LogP contribution is -2.13. The first-order valence-corrected chi connectivity index (χ1v) is 10.5. The fraction of sp³-hybridized carbons (Fsp3) is 0.174. The number of carbonyl (C=O) groups excluding carboxylic acids is 1. The predicted molar refractivity (Wildman–Crippen MR) is 121 cm³/mol. The molecule has 4 aromatic rings. The van der Waals surface area contributed by atoms with Gasteiger partial charge in [-0.25, -0.2) is 0 Å². The zero-order valence-electron chi connectivity index (χ0n) is 16.4. The number of nitrogens with zero attached hydrogens (tertiary/aromatic N) is 2. The summed E-state index contributed by atoms with van der Waals surface area (Å²) in [6.07, 6.45) is 3.80. The van der Waals surface area contributed by atoms with Gasteiger partial charge in [-0.15, -0.1) is 0 Å². The Bertz CT molecular complexity index is 1260. The molecule has 2 heterocycles. The van der Waals surface area contributed by atoms with Crippen LogP contribution in [0.25, 0.3) is 32.6 Å². The number of hydrogen-bond donors (Lipinski definition) is 2. The minimum Gasteiger partial charge on any atom is -0.495 e. The van der Waals surface area contributed by atoms with Crippen LogP contribution < -0.4 is 15.8 Å². The molecular formula is C23H20N4O2S. The summed E-state index contributed by atoms with van der Waals surface area (Å²) in [6, 6.07) is 15.5. The van der Waals surface area contributed by atoms with Gasteiger partial charge in [-0.1, -0.05) is 18.2 Å². The van der Waals surface area contributed by atoms with Crippen LogP contribution in [0.1, 0.15) is 12.8 Å². The van der Waals surface area contributed by atoms with Gasteiger partial charge in [-0.2, -0.15) is 4.37 Å². The second-order valence-electron chi connectivity index (χ2n) is 7.40. The van der Waals surface area contributed by atoms with E-state index in [-0.39, 0.29) is 11.8 Å². The van der Waals surface area contributed by atoms with Crippen molar-refractivity contribution in [1.29, 1.82) is 0 Å². The van der Waals surface area contributed by atoms with E-state index >= 15 is 0 Å². The molecule has 1 aliphatic carbocycles. The maximum absolute atomic E-state index is 12.1. The number of nitrogens with two attached hydrogens (primary N) is 1. The molecule has 1 amide bonds. The van der Waals surface area contributed by atoms with Gasteiger partial charge in [0, 0.05) is 23.4 Å². The highest BCUT2D eigenvalue weighted by Gasteiger charge is 2.29. The van der Waals surface area contributed by atoms with E-state index in [1.165, 1.54) is 11.5 Å². The first-order valence-electron chi connectivity index (χ1n) is 9.73. The number of pyridine rings is 1. The molecule has 0 spiro atoms. The highest BCUT2D eigenvalue weighted by atomic mass is 32.1. The standard InChI is InChI=1S/C23H20N4O2S/c1-29-20-11-14(7-8-18(20)24)16-10-19-21(25-12-16)22(30-27-19)15-3-2-4-17(9-15)26-23(28)13-5-6-13/h2-4,7-13H,5-6,24H2,1H3,(H,26,28). The Labute approximate surface area is 177 Å². The Morgan fingerprint density at radius 2 is 2.00 bits per heavy atom. The van der Waals surface area contributed by atoms with Crippen molar-refractivity contribution in [3.8, 4) is 27.3 Å². The summed E-state index contributed by atoms with van der Waals surface area (Å²) in [5.41, 5.74) is 11.9. The van der Waals surface area contributed by atoms with Crippen molar-refractivity contribution >= 4 is 39.8 Å². The molecule has 1 saturated carbocycles. The summed E-state index contributed by atoms with van der Waals surface area (Å²) in [4.78, 5) is 17.7. The van der Waals surface area contributed by atoms with Gasteiger partial charge in [0.15, 0.2) is 0 Å². The van der Waals surface area contributed by atoms with Crippen LogP contribution in [0.3, 0.4) is 0 Å². The maximum atomic E-state index is 12.1. The van der Waals surface area contributed by atoms with Gasteiger partial charge >= 0.3 is 0 Å². The number of benzene rings is 2. The number of methoxy groups -OCH3 is 1. The number of aromatic nitrogens is 2. The highest BCUT2D eigenvalue weighted by Crippen LogP contribution is 2.36. The number of amides is 1. The molecule has 0 unspecified atom stereocenters. The van der Waals surface area contributed by atoms with Crippen molar-refractivity contribution in [3.05, 3.63) is 54.7 Å². The van der Waals surface area contributed by atoms with E-state index in [0.717, 1.165) is 51.1 Å². The molecule has 0 saturated heterocycles. The third-order valence-corrected chi connectivity index (χ3v) is 6.12. The monoisotopic (exact) mass is 416 g/mol. The van der Waals surface area contributed by atoms with Crippen molar-refractivity contribution < 1.29 is 9.53 Å². The number of hydrogen-bond acceptors (Lipinski definition) is 6. The van der Waals surface area contributed by atoms with Crippen LogP contribution in [0.2, 0.25) is 0 Å². The number of rotatable bonds is 5. The Morgan fingerprint density at radius 1 is 1.13 bits per heavy atom. The average Bonchev–Trinajstić information content (AvgIpc) is 3.53. The van der Waals surface area contributed by atoms with E-state index in [1.807, 2.05) is 54.7 Å². The number of nitrogens with one attached hydrogen (secondary N) is 1. The van der Waals surface area contributed by atoms with Crippen LogP contribution in [0.5, 0.6) is 5.75 Å². The topological polar surface area (TPSA) is 90.1 Å². The van der Waals surface area contributed by atoms with Crippen LogP contribution in [-0.2, 0) is 4.79 Å². The normalized spacial score (nSPS) is 13.4. The van der Waals surface area contributed by atoms with E-state index < -0.39 is 0 Å². The van der Waals surface area contributed by atoms with Gasteiger partial charge in [-0.05, 0) is 65.8 Å². The van der Waals surface area contributed by atoms with Crippen molar-refractivity contribution in [1.82, 2.24) is 9.36 Å². The molecule has 5 rings (SSSR count). The Balaban J connectivity index is 1.48. The van der Waals surface area contributed by atoms with Gasteiger partial charge in [0.05, 0.1) is 17.7 Å². The predicted octanol–water partition coefficient (Wildman–Crippen LogP) is 4.96. The van der Waals surface area contributed by atoms with E-state index in [4.69, 9.17) is 10.5 Å². The van der Waals surface area contributed by atoms with Gasteiger partial charge in [0.1, 0.15) is 16.8 Å². The van der Waals surface area contributed by atoms with Crippen LogP contribution in [-0.4, -0.2) is 22.4 Å². The molecule has 150 valence electrons. The number of fused-ring (bicyclic) bond motifs is 1. The Morgan fingerprint density at radius 3 is 2.80 bits per heavy atom. The summed E-state index contributed by atoms with van der Waals surface area (Å²) in [7, 11) is 1.60. The van der Waals surface area contributed by atoms with Gasteiger partial charge in [-0.3, -0.25) is 9.78 Å². The van der Waals surface area contributed by atoms with E-state index in [0.29, 0.717) is 11.4 Å². The largest absolute Gasteiger partial charge is 0.495 e. The second kappa shape index (κ2) is 7.42. The fourth-order valence-corrected chi connectivity index (χ4v) is 4.21. The van der Waals surface area contributed by atoms with Crippen LogP contribution in [0, 0.1) is 5.92 Å². The molecule has 2 aromatic heterocycles. The molecule has 0 radical (unpaired) electrons. The zero-order valence-corrected chi connectivity index (χ0v) is 17.2. The smallest absolute Gasteiger partial charge is 0.227 e. The molecule has 7 heteroatoms. The Kier molecular flexibility index (Phi) is 4.59. The highest BCUT2D eigenvalue weighted by molar-refractivity contribution is 7.11. The van der Waals surface area contributed by atoms with E-state index in [1.54, 1.807) is 7.11 Å². The van der Waals surface area contributed by atoms with E-state index in [2.05, 4.69) is 14.7 Å². The minimum absolute atomic E-state index is 0.100. The summed E-state index contributed by atoms with van der Waals surface area (Å²) < 4.78 is 9.93. The quantitative estimate of drug-likeness (QED) is 0.449. The third kappa shape index (κ3) is 3.48. The lowest BCUT2D eigenvalue weighted by molar-refractivity contribution is -0.117. The number of ether oxygens (including phenoxy) is 1. The number of carbonyl (C=O) groups is 1. The SMILES string of the molecule is COc1cc(-c2cnc3c(-c4cccc(NC(=O)C5CC5)c4)snc3c2)ccc1N. The minimum atomic E-state index is 0.100. The third-order valence-electron chi connectivity index (χ3n) is 5.23. The van der Waals surface area contributed by atoms with Crippen molar-refractivity contribution in [2.24, 2.45) is 5.92 Å². The molecule has 6 nitrogen and oxygen atoms in total. The molecule has 2 aromatic carbocycles. The summed E-state index contributed by atoms with van der Waals surface area (Å²) in [5.74, 6) is 0.907. The molecule has 1 aliphatic rings. The molecule has 0 bridgehead atoms. The van der Waals surface area contributed by atoms with Gasteiger partial charge < -0.3 is 15.8 Å². The zero-order chi connectivity index (χ0) is 20.7. The van der Waals surface area contributed by atoms with Crippen LogP contribution >= 0.6 is 11.5 Å². The second-order valence-corrected chi connectivity index (χ2v) is 8.18. The fourth-order valence-electron chi connectivity index (χ4n) is 3.40. The van der Waals surface area contributed by atoms with Crippen molar-refractivity contribution in [2.75, 3.05) is 18.2 Å². The molecular weight excluding hydrogens is 396 g/mol. The lowest BCUT2D eigenvalue weighted by atomic mass is 10.1. The molecule has 30 heavy (non-hydrogen) atoms. The van der Waals surface area contributed by atoms with E-state index in [9.17, 15) is 4.79 Å².